The lowest BCUT2D eigenvalue weighted by molar-refractivity contribution is 0.0598. The van der Waals surface area contributed by atoms with E-state index in [2.05, 4.69) is 4.98 Å². The normalized spacial score (nSPS) is 11.1. The van der Waals surface area contributed by atoms with Crippen molar-refractivity contribution >= 4 is 22.6 Å². The Balaban J connectivity index is 2.23. The average molecular weight is 374 g/mol. The lowest BCUT2D eigenvalue weighted by atomic mass is 10.1. The Morgan fingerprint density at radius 1 is 1.07 bits per heavy atom. The number of pyridine rings is 2. The van der Waals surface area contributed by atoms with E-state index in [9.17, 15) is 9.59 Å². The first-order chi connectivity index (χ1) is 13.4. The van der Waals surface area contributed by atoms with E-state index >= 15 is 0 Å². The number of nitrogens with zero attached hydrogens (tertiary/aromatic N) is 3. The number of hydrogen-bond acceptors (Lipinski definition) is 5. The maximum Gasteiger partial charge on any atom is 0.341 e. The van der Waals surface area contributed by atoms with Crippen LogP contribution >= 0.6 is 0 Å². The van der Waals surface area contributed by atoms with E-state index in [-0.39, 0.29) is 22.0 Å². The summed E-state index contributed by atoms with van der Waals surface area (Å²) in [5.74, 6) is -0.679. The smallest absolute Gasteiger partial charge is 0.341 e. The zero-order valence-corrected chi connectivity index (χ0v) is 15.7. The minimum Gasteiger partial charge on any atom is -0.465 e. The van der Waals surface area contributed by atoms with E-state index in [0.717, 1.165) is 11.1 Å². The highest BCUT2D eigenvalue weighted by Crippen LogP contribution is 2.16. The highest BCUT2D eigenvalue weighted by molar-refractivity contribution is 5.93. The van der Waals surface area contributed by atoms with Gasteiger partial charge in [-0.1, -0.05) is 23.8 Å². The zero-order valence-electron chi connectivity index (χ0n) is 15.7. The number of nitrogens with one attached hydrogen (secondary N) is 1. The topological polar surface area (TPSA) is 89.4 Å². The highest BCUT2D eigenvalue weighted by atomic mass is 16.5. The van der Waals surface area contributed by atoms with Crippen molar-refractivity contribution in [1.29, 1.82) is 5.41 Å². The van der Waals surface area contributed by atoms with Gasteiger partial charge in [0.15, 0.2) is 5.65 Å². The lowest BCUT2D eigenvalue weighted by Gasteiger charge is -2.14. The number of esters is 1. The molecule has 4 rings (SSSR count). The average Bonchev–Trinajstić information content (AvgIpc) is 2.69. The monoisotopic (exact) mass is 374 g/mol. The van der Waals surface area contributed by atoms with Gasteiger partial charge in [0.1, 0.15) is 16.7 Å². The van der Waals surface area contributed by atoms with Gasteiger partial charge in [-0.25, -0.2) is 9.78 Å². The molecule has 0 spiro atoms. The Hall–Kier alpha value is -3.74. The summed E-state index contributed by atoms with van der Waals surface area (Å²) in [4.78, 5) is 30.0. The number of benzene rings is 1. The molecule has 0 bridgehead atoms. The molecule has 3 heterocycles. The van der Waals surface area contributed by atoms with Crippen molar-refractivity contribution in [1.82, 2.24) is 14.0 Å². The van der Waals surface area contributed by atoms with Crippen LogP contribution in [0.3, 0.4) is 0 Å². The minimum atomic E-state index is -0.679. The predicted molar refractivity (Wildman–Crippen MR) is 105 cm³/mol. The lowest BCUT2D eigenvalue weighted by Crippen LogP contribution is -2.29. The summed E-state index contributed by atoms with van der Waals surface area (Å²) in [6.45, 7) is 3.84. The van der Waals surface area contributed by atoms with Crippen LogP contribution in [0.25, 0.3) is 22.4 Å². The molecule has 0 saturated heterocycles. The van der Waals surface area contributed by atoms with Gasteiger partial charge < -0.3 is 4.74 Å². The molecule has 3 aromatic heterocycles. The molecule has 0 aliphatic heterocycles. The largest absolute Gasteiger partial charge is 0.465 e. The van der Waals surface area contributed by atoms with Gasteiger partial charge in [0.2, 0.25) is 0 Å². The summed E-state index contributed by atoms with van der Waals surface area (Å²) in [5.41, 5.74) is 2.98. The predicted octanol–water partition coefficient (Wildman–Crippen LogP) is 2.52. The number of aryl methyl sites for hydroxylation is 2. The van der Waals surface area contributed by atoms with Crippen molar-refractivity contribution in [2.75, 3.05) is 7.11 Å². The van der Waals surface area contributed by atoms with Gasteiger partial charge in [0.25, 0.3) is 5.56 Å². The number of hydrogen-bond donors (Lipinski definition) is 1. The van der Waals surface area contributed by atoms with E-state index in [0.29, 0.717) is 17.0 Å². The second-order valence-corrected chi connectivity index (χ2v) is 6.66. The van der Waals surface area contributed by atoms with Crippen molar-refractivity contribution in [3.63, 3.8) is 0 Å². The third kappa shape index (κ3) is 2.68. The van der Waals surface area contributed by atoms with Crippen molar-refractivity contribution in [2.24, 2.45) is 0 Å². The molecule has 1 N–H and O–H groups in total. The maximum atomic E-state index is 13.1. The van der Waals surface area contributed by atoms with Crippen LogP contribution < -0.4 is 11.0 Å². The van der Waals surface area contributed by atoms with Gasteiger partial charge in [0.05, 0.1) is 12.5 Å². The Morgan fingerprint density at radius 2 is 1.75 bits per heavy atom. The molecule has 7 heteroatoms. The van der Waals surface area contributed by atoms with Gasteiger partial charge in [-0.15, -0.1) is 0 Å². The minimum absolute atomic E-state index is 0.00192. The third-order valence-electron chi connectivity index (χ3n) is 4.66. The van der Waals surface area contributed by atoms with Crippen LogP contribution in [0.5, 0.6) is 0 Å². The number of ether oxygens (including phenoxy) is 1. The molecule has 0 amide bonds. The number of rotatable bonds is 2. The molecule has 140 valence electrons. The Bertz CT molecular complexity index is 1370. The number of carbonyl (C=O) groups is 1. The molecule has 0 radical (unpaired) electrons. The fourth-order valence-corrected chi connectivity index (χ4v) is 3.19. The van der Waals surface area contributed by atoms with Gasteiger partial charge in [-0.2, -0.15) is 0 Å². The summed E-state index contributed by atoms with van der Waals surface area (Å²) >= 11 is 0. The van der Waals surface area contributed by atoms with Gasteiger partial charge in [-0.05, 0) is 43.7 Å². The summed E-state index contributed by atoms with van der Waals surface area (Å²) in [7, 11) is 1.25. The zero-order chi connectivity index (χ0) is 20.0. The molecule has 1 aromatic carbocycles. The van der Waals surface area contributed by atoms with E-state index < -0.39 is 5.97 Å². The van der Waals surface area contributed by atoms with Gasteiger partial charge in [0, 0.05) is 11.9 Å². The number of aromatic nitrogens is 3. The molecule has 0 unspecified atom stereocenters. The molecule has 28 heavy (non-hydrogen) atoms. The van der Waals surface area contributed by atoms with Crippen LogP contribution in [0.1, 0.15) is 21.5 Å². The van der Waals surface area contributed by atoms with Crippen LogP contribution in [0.4, 0.5) is 0 Å². The highest BCUT2D eigenvalue weighted by Gasteiger charge is 2.18. The van der Waals surface area contributed by atoms with E-state index in [1.807, 2.05) is 44.2 Å². The van der Waals surface area contributed by atoms with Gasteiger partial charge in [-0.3, -0.25) is 19.2 Å². The fraction of sp³-hybridized carbons (Fsp3) is 0.143. The molecule has 7 nitrogen and oxygen atoms in total. The van der Waals surface area contributed by atoms with Crippen LogP contribution in [0.2, 0.25) is 0 Å². The van der Waals surface area contributed by atoms with Crippen LogP contribution in [-0.4, -0.2) is 27.0 Å². The SMILES string of the molecule is COC(=O)c1cc2c(=O)n3cc(C)ccc3nc2n(-c2ccc(C)cc2)c1=N. The Morgan fingerprint density at radius 3 is 2.43 bits per heavy atom. The van der Waals surface area contributed by atoms with Crippen molar-refractivity contribution in [3.05, 3.63) is 81.2 Å². The number of fused-ring (bicyclic) bond motifs is 2. The van der Waals surface area contributed by atoms with Crippen LogP contribution in [0.15, 0.2) is 53.5 Å². The molecule has 0 saturated carbocycles. The van der Waals surface area contributed by atoms with Crippen molar-refractivity contribution in [2.45, 2.75) is 13.8 Å². The summed E-state index contributed by atoms with van der Waals surface area (Å²) in [6, 6.07) is 12.5. The summed E-state index contributed by atoms with van der Waals surface area (Å²) in [6.07, 6.45) is 1.70. The van der Waals surface area contributed by atoms with E-state index in [1.165, 1.54) is 22.1 Å². The maximum absolute atomic E-state index is 13.1. The van der Waals surface area contributed by atoms with Crippen molar-refractivity contribution < 1.29 is 9.53 Å². The molecule has 0 fully saturated rings. The first-order valence-corrected chi connectivity index (χ1v) is 8.69. The number of methoxy groups -OCH3 is 1. The summed E-state index contributed by atoms with van der Waals surface area (Å²) < 4.78 is 7.77. The molecule has 0 atom stereocenters. The quantitative estimate of drug-likeness (QED) is 0.431. The van der Waals surface area contributed by atoms with Crippen molar-refractivity contribution in [3.8, 4) is 5.69 Å². The molecular formula is C21H18N4O3. The Labute approximate surface area is 160 Å². The molecule has 4 aromatic rings. The summed E-state index contributed by atoms with van der Waals surface area (Å²) in [5, 5.41) is 8.82. The van der Waals surface area contributed by atoms with E-state index in [1.54, 1.807) is 12.3 Å². The third-order valence-corrected chi connectivity index (χ3v) is 4.66. The standard InChI is InChI=1S/C21H18N4O3/c1-12-4-7-14(8-5-12)25-18(22)15(21(27)28-3)10-16-19(25)23-17-9-6-13(2)11-24(17)20(16)26/h4-11,22H,1-3H3. The molecule has 0 aliphatic carbocycles. The first-order valence-electron chi connectivity index (χ1n) is 8.69. The molecular weight excluding hydrogens is 356 g/mol. The first kappa shape index (κ1) is 17.7. The fourth-order valence-electron chi connectivity index (χ4n) is 3.19. The van der Waals surface area contributed by atoms with Crippen LogP contribution in [0, 0.1) is 19.3 Å². The Kier molecular flexibility index (Phi) is 4.07. The molecule has 0 aliphatic rings. The van der Waals surface area contributed by atoms with Crippen LogP contribution in [-0.2, 0) is 4.74 Å². The van der Waals surface area contributed by atoms with E-state index in [4.69, 9.17) is 10.1 Å². The second-order valence-electron chi connectivity index (χ2n) is 6.66. The van der Waals surface area contributed by atoms with Gasteiger partial charge >= 0.3 is 5.97 Å². The second kappa shape index (κ2) is 6.45. The number of carbonyl (C=O) groups excluding carboxylic acids is 1.